The van der Waals surface area contributed by atoms with Crippen molar-refractivity contribution in [3.05, 3.63) is 54.2 Å². The predicted octanol–water partition coefficient (Wildman–Crippen LogP) is 4.82. The molecule has 1 aliphatic carbocycles. The number of allylic oxidation sites excluding steroid dienone is 2. The normalized spacial score (nSPS) is 15.5. The van der Waals surface area contributed by atoms with E-state index in [4.69, 9.17) is 4.42 Å². The van der Waals surface area contributed by atoms with Gasteiger partial charge in [0.05, 0.1) is 5.71 Å². The van der Waals surface area contributed by atoms with Gasteiger partial charge in [-0.15, -0.1) is 0 Å². The van der Waals surface area contributed by atoms with E-state index in [1.807, 2.05) is 31.3 Å². The van der Waals surface area contributed by atoms with Gasteiger partial charge in [-0.3, -0.25) is 4.99 Å². The van der Waals surface area contributed by atoms with Gasteiger partial charge in [0.15, 0.2) is 11.0 Å². The molecule has 1 saturated carbocycles. The number of aliphatic hydroxyl groups is 1. The number of nitrogens with zero attached hydrogens (tertiary/aromatic N) is 3. The van der Waals surface area contributed by atoms with Crippen molar-refractivity contribution >= 4 is 23.0 Å². The van der Waals surface area contributed by atoms with E-state index in [2.05, 4.69) is 21.5 Å². The first-order valence-corrected chi connectivity index (χ1v) is 9.78. The molecule has 27 heavy (non-hydrogen) atoms. The van der Waals surface area contributed by atoms with E-state index in [0.717, 1.165) is 29.3 Å². The van der Waals surface area contributed by atoms with E-state index < -0.39 is 5.60 Å². The van der Waals surface area contributed by atoms with Gasteiger partial charge in [-0.05, 0) is 68.7 Å². The number of hydrogen-bond donors (Lipinski definition) is 1. The third kappa shape index (κ3) is 4.96. The van der Waals surface area contributed by atoms with Crippen molar-refractivity contribution in [3.8, 4) is 0 Å². The molecule has 0 spiro atoms. The van der Waals surface area contributed by atoms with Gasteiger partial charge in [0.2, 0.25) is 0 Å². The highest BCUT2D eigenvalue weighted by atomic mass is 32.2. The van der Waals surface area contributed by atoms with Crippen LogP contribution in [0.4, 0.5) is 0 Å². The highest BCUT2D eigenvalue weighted by molar-refractivity contribution is 7.99. The number of aryl methyl sites for hydroxylation is 1. The maximum atomic E-state index is 10.2. The first kappa shape index (κ1) is 19.6. The van der Waals surface area contributed by atoms with Gasteiger partial charge in [0, 0.05) is 19.2 Å². The predicted molar refractivity (Wildman–Crippen MR) is 109 cm³/mol. The number of aromatic nitrogens is 2. The number of hydrogen-bond acceptors (Lipinski definition) is 6. The molecular weight excluding hydrogens is 358 g/mol. The Balaban J connectivity index is 1.87. The molecule has 1 fully saturated rings. The molecule has 0 unspecified atom stereocenters. The lowest BCUT2D eigenvalue weighted by Gasteiger charge is -2.16. The lowest BCUT2D eigenvalue weighted by atomic mass is 10.0. The van der Waals surface area contributed by atoms with E-state index in [-0.39, 0.29) is 0 Å². The van der Waals surface area contributed by atoms with Crippen LogP contribution in [0.2, 0.25) is 0 Å². The van der Waals surface area contributed by atoms with Crippen LogP contribution in [0.15, 0.2) is 56.6 Å². The van der Waals surface area contributed by atoms with E-state index in [0.29, 0.717) is 28.0 Å². The lowest BCUT2D eigenvalue weighted by Crippen LogP contribution is -2.29. The average Bonchev–Trinajstić information content (AvgIpc) is 3.37. The maximum absolute atomic E-state index is 10.2. The highest BCUT2D eigenvalue weighted by Gasteiger charge is 2.31. The summed E-state index contributed by atoms with van der Waals surface area (Å²) in [6.45, 7) is 9.56. The van der Waals surface area contributed by atoms with Gasteiger partial charge < -0.3 is 9.52 Å². The third-order valence-electron chi connectivity index (χ3n) is 4.23. The number of aliphatic imine (C=N–C) groups is 1. The fourth-order valence-electron chi connectivity index (χ4n) is 2.52. The zero-order valence-corrected chi connectivity index (χ0v) is 17.0. The van der Waals surface area contributed by atoms with Gasteiger partial charge in [-0.25, -0.2) is 9.97 Å². The minimum atomic E-state index is -1.02. The Kier molecular flexibility index (Phi) is 5.67. The summed E-state index contributed by atoms with van der Waals surface area (Å²) in [5, 5.41) is 11.7. The molecule has 1 N–H and O–H groups in total. The monoisotopic (exact) mass is 383 g/mol. The summed E-state index contributed by atoms with van der Waals surface area (Å²) < 4.78 is 6.03. The molecule has 1 aliphatic rings. The summed E-state index contributed by atoms with van der Waals surface area (Å²) >= 11 is 1.45. The second-order valence-corrected chi connectivity index (χ2v) is 8.26. The largest absolute Gasteiger partial charge is 0.433 e. The van der Waals surface area contributed by atoms with Crippen molar-refractivity contribution in [2.24, 2.45) is 4.99 Å². The molecule has 142 valence electrons. The standard InChI is InChI=1S/C21H25N3O2S/c1-13-6-11-17(23-12-13)27-20-18(24-19(26-20)15-8-9-15)14(2)7-10-16(22-5)21(3,4)25/h6-7,10-12,15,25H,2,8-9H2,1,3-5H3. The number of rotatable bonds is 7. The number of pyridine rings is 1. The van der Waals surface area contributed by atoms with Crippen LogP contribution in [-0.2, 0) is 0 Å². The Bertz CT molecular complexity index is 885. The Morgan fingerprint density at radius 3 is 2.67 bits per heavy atom. The van der Waals surface area contributed by atoms with Gasteiger partial charge in [-0.2, -0.15) is 0 Å². The summed E-state index contributed by atoms with van der Waals surface area (Å²) in [7, 11) is 1.66. The minimum absolute atomic E-state index is 0.407. The summed E-state index contributed by atoms with van der Waals surface area (Å²) in [6.07, 6.45) is 7.65. The summed E-state index contributed by atoms with van der Waals surface area (Å²) in [4.78, 5) is 13.3. The fourth-order valence-corrected chi connectivity index (χ4v) is 3.35. The van der Waals surface area contributed by atoms with Gasteiger partial charge in [-0.1, -0.05) is 18.7 Å². The lowest BCUT2D eigenvalue weighted by molar-refractivity contribution is 0.155. The molecule has 0 bridgehead atoms. The van der Waals surface area contributed by atoms with Crippen LogP contribution in [0.25, 0.3) is 5.57 Å². The maximum Gasteiger partial charge on any atom is 0.199 e. The molecule has 0 radical (unpaired) electrons. The second-order valence-electron chi connectivity index (χ2n) is 7.26. The Hall–Kier alpha value is -2.18. The molecule has 0 amide bonds. The minimum Gasteiger partial charge on any atom is -0.433 e. The van der Waals surface area contributed by atoms with Crippen molar-refractivity contribution in [1.82, 2.24) is 9.97 Å². The van der Waals surface area contributed by atoms with E-state index >= 15 is 0 Å². The van der Waals surface area contributed by atoms with Gasteiger partial charge in [0.25, 0.3) is 0 Å². The first-order valence-electron chi connectivity index (χ1n) is 8.96. The van der Waals surface area contributed by atoms with Crippen LogP contribution >= 0.6 is 11.8 Å². The van der Waals surface area contributed by atoms with Gasteiger partial charge in [0.1, 0.15) is 16.3 Å². The Labute approximate surface area is 164 Å². The van der Waals surface area contributed by atoms with Crippen LogP contribution in [0.3, 0.4) is 0 Å². The summed E-state index contributed by atoms with van der Waals surface area (Å²) in [5.41, 5.74) is 2.10. The molecular formula is C21H25N3O2S. The van der Waals surface area contributed by atoms with Gasteiger partial charge >= 0.3 is 0 Å². The van der Waals surface area contributed by atoms with E-state index in [1.165, 1.54) is 11.8 Å². The van der Waals surface area contributed by atoms with Crippen LogP contribution in [-0.4, -0.2) is 33.4 Å². The quantitative estimate of drug-likeness (QED) is 0.548. The van der Waals surface area contributed by atoms with Crippen molar-refractivity contribution in [2.45, 2.75) is 55.3 Å². The topological polar surface area (TPSA) is 71.5 Å². The van der Waals surface area contributed by atoms with Crippen molar-refractivity contribution in [2.75, 3.05) is 7.05 Å². The Morgan fingerprint density at radius 2 is 2.11 bits per heavy atom. The van der Waals surface area contributed by atoms with Crippen molar-refractivity contribution in [3.63, 3.8) is 0 Å². The first-order chi connectivity index (χ1) is 12.8. The molecule has 2 aromatic heterocycles. The molecule has 3 rings (SSSR count). The molecule has 0 saturated heterocycles. The van der Waals surface area contributed by atoms with Crippen LogP contribution in [0.1, 0.15) is 49.8 Å². The third-order valence-corrected chi connectivity index (χ3v) is 5.15. The molecule has 2 aromatic rings. The van der Waals surface area contributed by atoms with Crippen LogP contribution in [0, 0.1) is 6.92 Å². The summed E-state index contributed by atoms with van der Waals surface area (Å²) in [6, 6.07) is 3.99. The summed E-state index contributed by atoms with van der Waals surface area (Å²) in [5.74, 6) is 1.17. The smallest absolute Gasteiger partial charge is 0.199 e. The SMILES string of the molecule is C=C(C=CC(=NC)C(C)(C)O)c1nc(C2CC2)oc1Sc1ccc(C)cn1. The molecule has 0 aromatic carbocycles. The molecule has 5 nitrogen and oxygen atoms in total. The molecule has 0 aliphatic heterocycles. The average molecular weight is 384 g/mol. The number of oxazole rings is 1. The fraction of sp³-hybridized carbons (Fsp3) is 0.381. The zero-order chi connectivity index (χ0) is 19.6. The van der Waals surface area contributed by atoms with E-state index in [9.17, 15) is 5.11 Å². The Morgan fingerprint density at radius 1 is 1.37 bits per heavy atom. The molecule has 6 heteroatoms. The molecule has 2 heterocycles. The van der Waals surface area contributed by atoms with Crippen LogP contribution in [0.5, 0.6) is 0 Å². The van der Waals surface area contributed by atoms with Crippen molar-refractivity contribution < 1.29 is 9.52 Å². The van der Waals surface area contributed by atoms with Crippen molar-refractivity contribution in [1.29, 1.82) is 0 Å². The highest BCUT2D eigenvalue weighted by Crippen LogP contribution is 2.43. The second kappa shape index (κ2) is 7.82. The van der Waals surface area contributed by atoms with E-state index in [1.54, 1.807) is 27.0 Å². The van der Waals surface area contributed by atoms with Crippen LogP contribution < -0.4 is 0 Å². The molecule has 0 atom stereocenters. The zero-order valence-electron chi connectivity index (χ0n) is 16.2.